The second kappa shape index (κ2) is 10.6. The SMILES string of the molecule is Brc1cc2nc3c4ccccc4c4cc(-c5ccc(N(c6ccccc6)c6ccccc6)cc5)ccc4c3nc2cc1Br. The maximum Gasteiger partial charge on any atom is 0.0979 e. The van der Waals surface area contributed by atoms with Crippen molar-refractivity contribution in [3.05, 3.63) is 148 Å². The Hall–Kier alpha value is -4.58. The first-order chi connectivity index (χ1) is 21.1. The highest BCUT2D eigenvalue weighted by Crippen LogP contribution is 2.39. The molecule has 5 heteroatoms. The van der Waals surface area contributed by atoms with Crippen LogP contribution in [0, 0.1) is 0 Å². The molecule has 0 aliphatic carbocycles. The normalized spacial score (nSPS) is 11.5. The first kappa shape index (κ1) is 26.1. The van der Waals surface area contributed by atoms with Crippen molar-refractivity contribution in [2.45, 2.75) is 0 Å². The smallest absolute Gasteiger partial charge is 0.0979 e. The molecule has 0 amide bonds. The third-order valence-corrected chi connectivity index (χ3v) is 9.79. The molecule has 43 heavy (non-hydrogen) atoms. The van der Waals surface area contributed by atoms with Gasteiger partial charge in [-0.15, -0.1) is 0 Å². The van der Waals surface area contributed by atoms with Gasteiger partial charge in [0.25, 0.3) is 0 Å². The molecule has 0 N–H and O–H groups in total. The molecule has 7 aromatic carbocycles. The van der Waals surface area contributed by atoms with Crippen molar-refractivity contribution in [3.63, 3.8) is 0 Å². The number of benzene rings is 7. The summed E-state index contributed by atoms with van der Waals surface area (Å²) in [6.07, 6.45) is 0. The van der Waals surface area contributed by atoms with Crippen LogP contribution in [0.1, 0.15) is 0 Å². The van der Waals surface area contributed by atoms with E-state index in [9.17, 15) is 0 Å². The van der Waals surface area contributed by atoms with Crippen molar-refractivity contribution in [2.75, 3.05) is 4.90 Å². The van der Waals surface area contributed by atoms with Gasteiger partial charge in [0.15, 0.2) is 0 Å². The van der Waals surface area contributed by atoms with Crippen LogP contribution in [0.5, 0.6) is 0 Å². The van der Waals surface area contributed by atoms with Crippen LogP contribution in [0.15, 0.2) is 148 Å². The number of para-hydroxylation sites is 2. The Morgan fingerprint density at radius 2 is 0.860 bits per heavy atom. The maximum atomic E-state index is 5.13. The van der Waals surface area contributed by atoms with Crippen LogP contribution in [-0.4, -0.2) is 9.97 Å². The topological polar surface area (TPSA) is 29.0 Å². The number of hydrogen-bond acceptors (Lipinski definition) is 3. The minimum Gasteiger partial charge on any atom is -0.311 e. The Morgan fingerprint density at radius 1 is 0.395 bits per heavy atom. The number of hydrogen-bond donors (Lipinski definition) is 0. The van der Waals surface area contributed by atoms with Crippen molar-refractivity contribution in [2.24, 2.45) is 0 Å². The number of fused-ring (bicyclic) bond motifs is 7. The number of aromatic nitrogens is 2. The molecule has 1 heterocycles. The second-order valence-corrected chi connectivity index (χ2v) is 12.2. The van der Waals surface area contributed by atoms with Crippen molar-refractivity contribution >= 4 is 92.5 Å². The molecule has 0 radical (unpaired) electrons. The van der Waals surface area contributed by atoms with E-state index in [2.05, 4.69) is 164 Å². The number of anilines is 3. The van der Waals surface area contributed by atoms with Gasteiger partial charge in [-0.1, -0.05) is 84.9 Å². The van der Waals surface area contributed by atoms with Crippen molar-refractivity contribution in [3.8, 4) is 11.1 Å². The van der Waals surface area contributed by atoms with Crippen LogP contribution in [0.3, 0.4) is 0 Å². The van der Waals surface area contributed by atoms with Crippen LogP contribution in [0.2, 0.25) is 0 Å². The molecule has 3 nitrogen and oxygen atoms in total. The molecular weight excluding hydrogens is 658 g/mol. The quantitative estimate of drug-likeness (QED) is 0.137. The van der Waals surface area contributed by atoms with Gasteiger partial charge in [0.2, 0.25) is 0 Å². The highest BCUT2D eigenvalue weighted by Gasteiger charge is 2.15. The Kier molecular flexibility index (Phi) is 6.43. The lowest BCUT2D eigenvalue weighted by molar-refractivity contribution is 1.28. The van der Waals surface area contributed by atoms with E-state index in [0.717, 1.165) is 70.0 Å². The van der Waals surface area contributed by atoms with E-state index in [4.69, 9.17) is 9.97 Å². The lowest BCUT2D eigenvalue weighted by Gasteiger charge is -2.25. The summed E-state index contributed by atoms with van der Waals surface area (Å²) in [5.41, 5.74) is 9.24. The van der Waals surface area contributed by atoms with Crippen molar-refractivity contribution in [1.82, 2.24) is 9.97 Å². The van der Waals surface area contributed by atoms with E-state index in [-0.39, 0.29) is 0 Å². The van der Waals surface area contributed by atoms with Crippen LogP contribution in [0.25, 0.3) is 54.7 Å². The van der Waals surface area contributed by atoms with Gasteiger partial charge in [-0.2, -0.15) is 0 Å². The fraction of sp³-hybridized carbons (Fsp3) is 0. The molecule has 8 aromatic rings. The second-order valence-electron chi connectivity index (χ2n) is 10.5. The summed E-state index contributed by atoms with van der Waals surface area (Å²) in [7, 11) is 0. The predicted molar refractivity (Wildman–Crippen MR) is 188 cm³/mol. The monoisotopic (exact) mass is 679 g/mol. The molecule has 0 bridgehead atoms. The van der Waals surface area contributed by atoms with Gasteiger partial charge in [-0.05, 0) is 108 Å². The van der Waals surface area contributed by atoms with E-state index in [0.29, 0.717) is 0 Å². The number of nitrogens with zero attached hydrogens (tertiary/aromatic N) is 3. The third-order valence-electron chi connectivity index (χ3n) is 7.94. The Labute approximate surface area is 265 Å². The van der Waals surface area contributed by atoms with Gasteiger partial charge in [-0.3, -0.25) is 0 Å². The summed E-state index contributed by atoms with van der Waals surface area (Å²) in [5, 5.41) is 4.55. The zero-order valence-electron chi connectivity index (χ0n) is 22.9. The van der Waals surface area contributed by atoms with E-state index in [1.54, 1.807) is 0 Å². The summed E-state index contributed by atoms with van der Waals surface area (Å²) >= 11 is 7.25. The highest BCUT2D eigenvalue weighted by molar-refractivity contribution is 9.13. The maximum absolute atomic E-state index is 5.13. The summed E-state index contributed by atoms with van der Waals surface area (Å²) in [6.45, 7) is 0. The van der Waals surface area contributed by atoms with E-state index in [1.807, 2.05) is 12.1 Å². The van der Waals surface area contributed by atoms with E-state index >= 15 is 0 Å². The van der Waals surface area contributed by atoms with Crippen molar-refractivity contribution in [1.29, 1.82) is 0 Å². The largest absolute Gasteiger partial charge is 0.311 e. The fourth-order valence-corrected chi connectivity index (χ4v) is 6.57. The number of halogens is 2. The van der Waals surface area contributed by atoms with Gasteiger partial charge in [0, 0.05) is 36.8 Å². The highest BCUT2D eigenvalue weighted by atomic mass is 79.9. The summed E-state index contributed by atoms with van der Waals surface area (Å²) in [4.78, 5) is 12.5. The first-order valence-corrected chi connectivity index (χ1v) is 15.6. The molecule has 1 aromatic heterocycles. The standard InChI is InChI=1S/C38H23Br2N3/c39-33-22-35-36(23-34(33)40)42-38-31-20-17-25(21-32(31)29-13-7-8-14-30(29)37(38)41-35)24-15-18-28(19-16-24)43(26-9-3-1-4-10-26)27-11-5-2-6-12-27/h1-23H. The predicted octanol–water partition coefficient (Wildman–Crippen LogP) is 11.8. The summed E-state index contributed by atoms with van der Waals surface area (Å²) < 4.78 is 1.92. The van der Waals surface area contributed by atoms with E-state index in [1.165, 1.54) is 10.8 Å². The molecule has 0 spiro atoms. The average molecular weight is 681 g/mol. The van der Waals surface area contributed by atoms with Crippen molar-refractivity contribution < 1.29 is 0 Å². The first-order valence-electron chi connectivity index (χ1n) is 14.1. The molecular formula is C38H23Br2N3. The third kappa shape index (κ3) is 4.56. The van der Waals surface area contributed by atoms with Gasteiger partial charge in [0.05, 0.1) is 22.1 Å². The Balaban J connectivity index is 1.28. The van der Waals surface area contributed by atoms with Gasteiger partial charge >= 0.3 is 0 Å². The molecule has 0 atom stereocenters. The van der Waals surface area contributed by atoms with Crippen LogP contribution in [0.4, 0.5) is 17.1 Å². The molecule has 0 saturated heterocycles. The van der Waals surface area contributed by atoms with Crippen LogP contribution < -0.4 is 4.90 Å². The molecule has 0 aliphatic rings. The lowest BCUT2D eigenvalue weighted by Crippen LogP contribution is -2.09. The Bertz CT molecular complexity index is 2260. The zero-order valence-corrected chi connectivity index (χ0v) is 26.0. The summed E-state index contributed by atoms with van der Waals surface area (Å²) in [5.74, 6) is 0. The number of rotatable bonds is 4. The van der Waals surface area contributed by atoms with Crippen LogP contribution in [-0.2, 0) is 0 Å². The fourth-order valence-electron chi connectivity index (χ4n) is 5.91. The molecule has 0 fully saturated rings. The van der Waals surface area contributed by atoms with E-state index < -0.39 is 0 Å². The minimum atomic E-state index is 0.861. The Morgan fingerprint density at radius 3 is 1.44 bits per heavy atom. The van der Waals surface area contributed by atoms with Gasteiger partial charge < -0.3 is 4.90 Å². The van der Waals surface area contributed by atoms with Gasteiger partial charge in [0.1, 0.15) is 0 Å². The molecule has 204 valence electrons. The lowest BCUT2D eigenvalue weighted by atomic mass is 9.95. The van der Waals surface area contributed by atoms with Gasteiger partial charge in [-0.25, -0.2) is 9.97 Å². The molecule has 0 aliphatic heterocycles. The summed E-state index contributed by atoms with van der Waals surface area (Å²) in [6, 6.07) is 49.0. The minimum absolute atomic E-state index is 0.861. The average Bonchev–Trinajstić information content (AvgIpc) is 3.06. The molecule has 0 unspecified atom stereocenters. The van der Waals surface area contributed by atoms with Crippen LogP contribution >= 0.6 is 31.9 Å². The molecule has 0 saturated carbocycles. The zero-order chi connectivity index (χ0) is 28.9. The molecule has 8 rings (SSSR count).